The Hall–Kier alpha value is -1.69. The molecule has 104 valence electrons. The molecule has 0 spiro atoms. The van der Waals surface area contributed by atoms with E-state index in [0.717, 1.165) is 0 Å². The maximum Gasteiger partial charge on any atom is 0.338 e. The highest BCUT2D eigenvalue weighted by Crippen LogP contribution is 2.02. The number of ether oxygens (including phenoxy) is 1. The van der Waals surface area contributed by atoms with Crippen molar-refractivity contribution in [3.05, 3.63) is 35.9 Å². The van der Waals surface area contributed by atoms with Gasteiger partial charge in [0.25, 0.3) is 0 Å². The Kier molecular flexibility index (Phi) is 5.69. The molecule has 0 aliphatic carbocycles. The molecule has 0 aliphatic heterocycles. The zero-order valence-corrected chi connectivity index (χ0v) is 11.5. The molecule has 0 saturated carbocycles. The van der Waals surface area contributed by atoms with Gasteiger partial charge in [0, 0.05) is 6.42 Å². The lowest BCUT2D eigenvalue weighted by Gasteiger charge is -2.05. The highest BCUT2D eigenvalue weighted by Gasteiger charge is 2.14. The Morgan fingerprint density at radius 1 is 1.11 bits per heavy atom. The molecule has 0 amide bonds. The van der Waals surface area contributed by atoms with Crippen molar-refractivity contribution in [2.24, 2.45) is 0 Å². The Bertz CT molecular complexity index is 533. The van der Waals surface area contributed by atoms with E-state index in [-0.39, 0.29) is 30.3 Å². The van der Waals surface area contributed by atoms with E-state index in [2.05, 4.69) is 0 Å². The third-order valence-corrected chi connectivity index (χ3v) is 4.02. The normalized spacial score (nSPS) is 11.0. The van der Waals surface area contributed by atoms with Gasteiger partial charge in [-0.25, -0.2) is 13.2 Å². The molecule has 0 aliphatic rings. The average molecular weight is 284 g/mol. The molecule has 0 fully saturated rings. The predicted molar refractivity (Wildman–Crippen MR) is 70.7 cm³/mol. The fourth-order valence-corrected chi connectivity index (χ4v) is 2.46. The molecule has 1 rings (SSSR count). The molecule has 5 nitrogen and oxygen atoms in total. The van der Waals surface area contributed by atoms with Crippen LogP contribution in [-0.4, -0.2) is 38.3 Å². The summed E-state index contributed by atoms with van der Waals surface area (Å²) in [6, 6.07) is 8.34. The zero-order valence-electron chi connectivity index (χ0n) is 10.7. The van der Waals surface area contributed by atoms with Gasteiger partial charge in [-0.1, -0.05) is 18.2 Å². The van der Waals surface area contributed by atoms with Crippen molar-refractivity contribution in [1.82, 2.24) is 0 Å². The van der Waals surface area contributed by atoms with Crippen molar-refractivity contribution < 1.29 is 22.7 Å². The number of sulfone groups is 1. The van der Waals surface area contributed by atoms with Crippen LogP contribution in [0.1, 0.15) is 23.7 Å². The Morgan fingerprint density at radius 2 is 1.74 bits per heavy atom. The molecule has 0 N–H and O–H groups in total. The van der Waals surface area contributed by atoms with Gasteiger partial charge >= 0.3 is 5.97 Å². The van der Waals surface area contributed by atoms with Gasteiger partial charge in [-0.05, 0) is 19.1 Å². The van der Waals surface area contributed by atoms with Crippen molar-refractivity contribution in [3.8, 4) is 0 Å². The summed E-state index contributed by atoms with van der Waals surface area (Å²) in [7, 11) is -3.35. The molecule has 0 aromatic heterocycles. The highest BCUT2D eigenvalue weighted by atomic mass is 32.2. The smallest absolute Gasteiger partial charge is 0.338 e. The quantitative estimate of drug-likeness (QED) is 0.704. The van der Waals surface area contributed by atoms with Crippen LogP contribution in [0.3, 0.4) is 0 Å². The lowest BCUT2D eigenvalue weighted by molar-refractivity contribution is -0.116. The van der Waals surface area contributed by atoms with E-state index in [1.807, 2.05) is 0 Å². The Balaban J connectivity index is 2.38. The number of ketones is 1. The minimum Gasteiger partial charge on any atom is -0.461 e. The Morgan fingerprint density at radius 3 is 2.32 bits per heavy atom. The summed E-state index contributed by atoms with van der Waals surface area (Å²) >= 11 is 0. The second-order valence-corrected chi connectivity index (χ2v) is 6.41. The Labute approximate surface area is 112 Å². The van der Waals surface area contributed by atoms with Crippen LogP contribution in [0.5, 0.6) is 0 Å². The maximum absolute atomic E-state index is 11.5. The molecule has 1 aromatic rings. The van der Waals surface area contributed by atoms with E-state index < -0.39 is 15.8 Å². The van der Waals surface area contributed by atoms with Crippen LogP contribution in [0.25, 0.3) is 0 Å². The number of Topliss-reactive ketones (excluding diaryl/α,β-unsaturated/α-hetero) is 1. The van der Waals surface area contributed by atoms with E-state index in [1.54, 1.807) is 30.3 Å². The van der Waals surface area contributed by atoms with Gasteiger partial charge in [0.15, 0.2) is 9.84 Å². The number of benzene rings is 1. The number of carbonyl (C=O) groups excluding carboxylic acids is 2. The maximum atomic E-state index is 11.5. The largest absolute Gasteiger partial charge is 0.461 e. The van der Waals surface area contributed by atoms with Crippen LogP contribution in [0.15, 0.2) is 30.3 Å². The SMILES string of the molecule is CC(=O)CCS(=O)(=O)CCOC(=O)c1ccccc1. The third-order valence-electron chi connectivity index (χ3n) is 2.40. The number of rotatable bonds is 7. The first kappa shape index (κ1) is 15.4. The molecule has 0 unspecified atom stereocenters. The van der Waals surface area contributed by atoms with Crippen molar-refractivity contribution in [2.75, 3.05) is 18.1 Å². The van der Waals surface area contributed by atoms with Gasteiger partial charge in [0.05, 0.1) is 17.1 Å². The first-order valence-corrected chi connectivity index (χ1v) is 7.65. The summed E-state index contributed by atoms with van der Waals surface area (Å²) in [5.41, 5.74) is 0.378. The average Bonchev–Trinajstić information content (AvgIpc) is 2.37. The van der Waals surface area contributed by atoms with Crippen molar-refractivity contribution >= 4 is 21.6 Å². The lowest BCUT2D eigenvalue weighted by atomic mass is 10.2. The van der Waals surface area contributed by atoms with E-state index in [9.17, 15) is 18.0 Å². The summed E-state index contributed by atoms with van der Waals surface area (Å²) < 4.78 is 27.9. The molecule has 0 bridgehead atoms. The van der Waals surface area contributed by atoms with Crippen LogP contribution in [-0.2, 0) is 19.4 Å². The van der Waals surface area contributed by atoms with Crippen LogP contribution in [0.4, 0.5) is 0 Å². The van der Waals surface area contributed by atoms with Crippen LogP contribution < -0.4 is 0 Å². The molecule has 0 heterocycles. The first-order valence-electron chi connectivity index (χ1n) is 5.83. The van der Waals surface area contributed by atoms with E-state index in [4.69, 9.17) is 4.74 Å². The molecular formula is C13H16O5S. The summed E-state index contributed by atoms with van der Waals surface area (Å²) in [5.74, 6) is -1.20. The first-order chi connectivity index (χ1) is 8.91. The fourth-order valence-electron chi connectivity index (χ4n) is 1.32. The van der Waals surface area contributed by atoms with Crippen molar-refractivity contribution in [2.45, 2.75) is 13.3 Å². The molecule has 0 atom stereocenters. The highest BCUT2D eigenvalue weighted by molar-refractivity contribution is 7.91. The fraction of sp³-hybridized carbons (Fsp3) is 0.385. The second kappa shape index (κ2) is 7.04. The number of hydrogen-bond acceptors (Lipinski definition) is 5. The zero-order chi connectivity index (χ0) is 14.3. The number of carbonyl (C=O) groups is 2. The van der Waals surface area contributed by atoms with Gasteiger partial charge in [-0.2, -0.15) is 0 Å². The molecular weight excluding hydrogens is 268 g/mol. The molecule has 1 aromatic carbocycles. The summed E-state index contributed by atoms with van der Waals surface area (Å²) in [6.07, 6.45) is -0.00500. The monoisotopic (exact) mass is 284 g/mol. The van der Waals surface area contributed by atoms with E-state index >= 15 is 0 Å². The van der Waals surface area contributed by atoms with Gasteiger partial charge in [0.2, 0.25) is 0 Å². The van der Waals surface area contributed by atoms with Gasteiger partial charge in [-0.15, -0.1) is 0 Å². The summed E-state index contributed by atoms with van der Waals surface area (Å²) in [6.45, 7) is 1.14. The summed E-state index contributed by atoms with van der Waals surface area (Å²) in [4.78, 5) is 22.2. The predicted octanol–water partition coefficient (Wildman–Crippen LogP) is 1.24. The second-order valence-electron chi connectivity index (χ2n) is 4.11. The van der Waals surface area contributed by atoms with E-state index in [0.29, 0.717) is 5.56 Å². The molecule has 0 radical (unpaired) electrons. The minimum atomic E-state index is -3.35. The van der Waals surface area contributed by atoms with Crippen LogP contribution in [0.2, 0.25) is 0 Å². The topological polar surface area (TPSA) is 77.5 Å². The standard InChI is InChI=1S/C13H16O5S/c1-11(14)7-9-19(16,17)10-8-18-13(15)12-5-3-2-4-6-12/h2-6H,7-10H2,1H3. The molecule has 6 heteroatoms. The lowest BCUT2D eigenvalue weighted by Crippen LogP contribution is -2.19. The number of hydrogen-bond donors (Lipinski definition) is 0. The summed E-state index contributed by atoms with van der Waals surface area (Å²) in [5, 5.41) is 0. The minimum absolute atomic E-state index is 0.00500. The van der Waals surface area contributed by atoms with Crippen LogP contribution in [0, 0.1) is 0 Å². The van der Waals surface area contributed by atoms with Crippen molar-refractivity contribution in [3.63, 3.8) is 0 Å². The van der Waals surface area contributed by atoms with Gasteiger partial charge < -0.3 is 4.74 Å². The van der Waals surface area contributed by atoms with Crippen molar-refractivity contribution in [1.29, 1.82) is 0 Å². The van der Waals surface area contributed by atoms with Gasteiger partial charge in [-0.3, -0.25) is 4.79 Å². The van der Waals surface area contributed by atoms with E-state index in [1.165, 1.54) is 6.92 Å². The third kappa shape index (κ3) is 6.15. The van der Waals surface area contributed by atoms with Crippen LogP contribution >= 0.6 is 0 Å². The van der Waals surface area contributed by atoms with Gasteiger partial charge in [0.1, 0.15) is 12.4 Å². The number of esters is 1. The molecule has 0 saturated heterocycles. The molecule has 19 heavy (non-hydrogen) atoms.